The summed E-state index contributed by atoms with van der Waals surface area (Å²) in [6.07, 6.45) is 2.57. The first kappa shape index (κ1) is 31.7. The predicted octanol–water partition coefficient (Wildman–Crippen LogP) is 9.63. The Bertz CT molecular complexity index is 227. The van der Waals surface area contributed by atoms with Gasteiger partial charge in [0.25, 0.3) is 0 Å². The van der Waals surface area contributed by atoms with Crippen LogP contribution >= 0.6 is 0 Å². The van der Waals surface area contributed by atoms with Crippen molar-refractivity contribution >= 4 is 0 Å². The molecule has 0 aliphatic carbocycles. The lowest BCUT2D eigenvalue weighted by molar-refractivity contribution is 0.0248. The summed E-state index contributed by atoms with van der Waals surface area (Å²) in [5.41, 5.74) is 1.62. The van der Waals surface area contributed by atoms with E-state index in [0.717, 1.165) is 5.92 Å². The molecule has 0 spiro atoms. The highest BCUT2D eigenvalue weighted by Crippen LogP contribution is 2.50. The van der Waals surface area contributed by atoms with Crippen molar-refractivity contribution in [1.29, 1.82) is 0 Å². The Morgan fingerprint density at radius 3 is 0.750 bits per heavy atom. The van der Waals surface area contributed by atoms with Crippen LogP contribution in [-0.2, 0) is 0 Å². The topological polar surface area (TPSA) is 0 Å². The van der Waals surface area contributed by atoms with E-state index in [9.17, 15) is 0 Å². The molecule has 0 saturated heterocycles. The predicted molar refractivity (Wildman–Crippen MR) is 119 cm³/mol. The summed E-state index contributed by atoms with van der Waals surface area (Å²) in [7, 11) is 0. The van der Waals surface area contributed by atoms with Crippen LogP contribution in [0.1, 0.15) is 131 Å². The lowest BCUT2D eigenvalue weighted by Gasteiger charge is -2.47. The fourth-order valence-electron chi connectivity index (χ4n) is 4.10. The summed E-state index contributed by atoms with van der Waals surface area (Å²) in [6.45, 7) is 38.4. The van der Waals surface area contributed by atoms with Crippen LogP contribution < -0.4 is 0 Å². The molecule has 24 heavy (non-hydrogen) atoms. The molecule has 0 atom stereocenters. The lowest BCUT2D eigenvalue weighted by atomic mass is 9.58. The van der Waals surface area contributed by atoms with E-state index in [4.69, 9.17) is 0 Å². The molecule has 0 unspecified atom stereocenters. The van der Waals surface area contributed by atoms with Gasteiger partial charge >= 0.3 is 0 Å². The highest BCUT2D eigenvalue weighted by Gasteiger charge is 2.40. The van der Waals surface area contributed by atoms with Gasteiger partial charge in [0.15, 0.2) is 0 Å². The molecule has 0 rings (SSSR count). The number of hydrogen-bond acceptors (Lipinski definition) is 0. The van der Waals surface area contributed by atoms with Gasteiger partial charge in [-0.25, -0.2) is 0 Å². The molecule has 0 aliphatic rings. The Kier molecular flexibility index (Phi) is 17.5. The van der Waals surface area contributed by atoms with E-state index in [1.165, 1.54) is 12.8 Å². The Morgan fingerprint density at radius 2 is 0.625 bits per heavy atom. The van der Waals surface area contributed by atoms with Crippen LogP contribution in [0.2, 0.25) is 0 Å². The van der Waals surface area contributed by atoms with Gasteiger partial charge < -0.3 is 0 Å². The van der Waals surface area contributed by atoms with E-state index < -0.39 is 0 Å². The van der Waals surface area contributed by atoms with Gasteiger partial charge in [0.1, 0.15) is 0 Å². The molecule has 0 aromatic carbocycles. The van der Waals surface area contributed by atoms with Gasteiger partial charge in [0.2, 0.25) is 0 Å². The quantitative estimate of drug-likeness (QED) is 0.476. The van der Waals surface area contributed by atoms with Crippen molar-refractivity contribution in [1.82, 2.24) is 0 Å². The third-order valence-corrected chi connectivity index (χ3v) is 4.32. The SMILES string of the molecule is CC.CC.CC.CC(C(C)(C)CC(C)(C)C)C(C)(C)CC(C)(C)C. The third kappa shape index (κ3) is 16.8. The van der Waals surface area contributed by atoms with Gasteiger partial charge in [-0.1, -0.05) is 118 Å². The van der Waals surface area contributed by atoms with Crippen LogP contribution in [0.4, 0.5) is 0 Å². The zero-order chi connectivity index (χ0) is 21.0. The first-order chi connectivity index (χ1) is 10.6. The van der Waals surface area contributed by atoms with Gasteiger partial charge in [0, 0.05) is 0 Å². The van der Waals surface area contributed by atoms with E-state index in [1.807, 2.05) is 41.5 Å². The van der Waals surface area contributed by atoms with Gasteiger partial charge in [-0.05, 0) is 40.4 Å². The molecule has 0 radical (unpaired) electrons. The Balaban J connectivity index is -0.000000297. The second-order valence-corrected chi connectivity index (χ2v) is 10.2. The molecule has 0 nitrogen and oxygen atoms in total. The maximum absolute atomic E-state index is 2.46. The van der Waals surface area contributed by atoms with Crippen molar-refractivity contribution < 1.29 is 0 Å². The number of hydrogen-bond donors (Lipinski definition) is 0. The molecule has 0 N–H and O–H groups in total. The normalized spacial score (nSPS) is 12.2. The fourth-order valence-corrected chi connectivity index (χ4v) is 4.10. The van der Waals surface area contributed by atoms with Crippen LogP contribution in [0.15, 0.2) is 0 Å². The third-order valence-electron chi connectivity index (χ3n) is 4.32. The molecule has 152 valence electrons. The Labute approximate surface area is 158 Å². The van der Waals surface area contributed by atoms with Crippen LogP contribution in [0.25, 0.3) is 0 Å². The second-order valence-electron chi connectivity index (χ2n) is 10.2. The molecule has 0 aliphatic heterocycles. The molecule has 0 saturated carbocycles. The summed E-state index contributed by atoms with van der Waals surface area (Å²) in [6, 6.07) is 0. The van der Waals surface area contributed by atoms with Crippen LogP contribution in [0.5, 0.6) is 0 Å². The number of rotatable bonds is 4. The van der Waals surface area contributed by atoms with E-state index >= 15 is 0 Å². The zero-order valence-corrected chi connectivity index (χ0v) is 21.0. The molecule has 0 heterocycles. The molecule has 0 aromatic rings. The van der Waals surface area contributed by atoms with Crippen molar-refractivity contribution in [3.8, 4) is 0 Å². The minimum atomic E-state index is 0.396. The van der Waals surface area contributed by atoms with Crippen molar-refractivity contribution in [2.45, 2.75) is 131 Å². The molecule has 0 bridgehead atoms. The minimum Gasteiger partial charge on any atom is -0.0683 e. The average molecular weight is 345 g/mol. The summed E-state index contributed by atoms with van der Waals surface area (Å²) < 4.78 is 0. The molecule has 0 amide bonds. The van der Waals surface area contributed by atoms with Gasteiger partial charge in [-0.15, -0.1) is 0 Å². The smallest absolute Gasteiger partial charge is 0.0318 e. The van der Waals surface area contributed by atoms with E-state index in [2.05, 4.69) is 76.2 Å². The largest absolute Gasteiger partial charge is 0.0683 e. The van der Waals surface area contributed by atoms with E-state index in [1.54, 1.807) is 0 Å². The van der Waals surface area contributed by atoms with Gasteiger partial charge in [-0.2, -0.15) is 0 Å². The van der Waals surface area contributed by atoms with Crippen molar-refractivity contribution in [3.63, 3.8) is 0 Å². The summed E-state index contributed by atoms with van der Waals surface area (Å²) in [4.78, 5) is 0. The molecule has 0 heteroatoms. The second kappa shape index (κ2) is 13.2. The monoisotopic (exact) mass is 344 g/mol. The van der Waals surface area contributed by atoms with Gasteiger partial charge in [0.05, 0.1) is 0 Å². The Morgan fingerprint density at radius 1 is 0.458 bits per heavy atom. The van der Waals surface area contributed by atoms with E-state index in [0.29, 0.717) is 21.7 Å². The van der Waals surface area contributed by atoms with E-state index in [-0.39, 0.29) is 0 Å². The maximum Gasteiger partial charge on any atom is -0.0318 e. The first-order valence-corrected chi connectivity index (χ1v) is 10.6. The maximum atomic E-state index is 2.46. The standard InChI is InChI=1S/C18H38.3C2H6/c1-14(17(8,9)12-15(2,3)4)18(10,11)13-16(5,6)7;3*1-2/h14H,12-13H2,1-11H3;3*1-2H3. The van der Waals surface area contributed by atoms with Crippen molar-refractivity contribution in [2.75, 3.05) is 0 Å². The van der Waals surface area contributed by atoms with Crippen LogP contribution in [0.3, 0.4) is 0 Å². The zero-order valence-electron chi connectivity index (χ0n) is 21.0. The molecule has 0 fully saturated rings. The summed E-state index contributed by atoms with van der Waals surface area (Å²) in [5.74, 6) is 0.725. The average Bonchev–Trinajstić information content (AvgIpc) is 2.39. The molecular formula is C24H56. The first-order valence-electron chi connectivity index (χ1n) is 10.6. The van der Waals surface area contributed by atoms with Crippen molar-refractivity contribution in [2.24, 2.45) is 27.6 Å². The highest BCUT2D eigenvalue weighted by molar-refractivity contribution is 4.90. The minimum absolute atomic E-state index is 0.396. The fraction of sp³-hybridized carbons (Fsp3) is 1.00. The van der Waals surface area contributed by atoms with Crippen LogP contribution in [-0.4, -0.2) is 0 Å². The van der Waals surface area contributed by atoms with Gasteiger partial charge in [-0.3, -0.25) is 0 Å². The van der Waals surface area contributed by atoms with Crippen molar-refractivity contribution in [3.05, 3.63) is 0 Å². The van der Waals surface area contributed by atoms with Crippen LogP contribution in [0, 0.1) is 27.6 Å². The summed E-state index contributed by atoms with van der Waals surface area (Å²) >= 11 is 0. The molecular weight excluding hydrogens is 288 g/mol. The summed E-state index contributed by atoms with van der Waals surface area (Å²) in [5, 5.41) is 0. The highest BCUT2D eigenvalue weighted by atomic mass is 14.5. The Hall–Kier alpha value is 0. The lowest BCUT2D eigenvalue weighted by Crippen LogP contribution is -2.38. The molecule has 0 aromatic heterocycles.